The van der Waals surface area contributed by atoms with Crippen LogP contribution in [0.2, 0.25) is 0 Å². The van der Waals surface area contributed by atoms with Crippen molar-refractivity contribution in [2.24, 2.45) is 0 Å². The van der Waals surface area contributed by atoms with Crippen LogP contribution in [0.4, 0.5) is 4.39 Å². The van der Waals surface area contributed by atoms with E-state index in [0.29, 0.717) is 12.0 Å². The van der Waals surface area contributed by atoms with Crippen LogP contribution in [0.25, 0.3) is 11.1 Å². The largest absolute Gasteiger partial charge is 0.264 e. The summed E-state index contributed by atoms with van der Waals surface area (Å²) >= 11 is 0. The molecular formula is C25H18FN3. The minimum Gasteiger partial charge on any atom is -0.264 e. The van der Waals surface area contributed by atoms with Gasteiger partial charge in [-0.1, -0.05) is 30.3 Å². The van der Waals surface area contributed by atoms with Crippen LogP contribution in [0.5, 0.6) is 0 Å². The number of nitriles is 1. The molecule has 2 heterocycles. The van der Waals surface area contributed by atoms with Gasteiger partial charge in [0.2, 0.25) is 0 Å². The third kappa shape index (κ3) is 4.20. The Morgan fingerprint density at radius 2 is 1.52 bits per heavy atom. The van der Waals surface area contributed by atoms with Crippen molar-refractivity contribution >= 4 is 0 Å². The SMILES string of the molecule is N#Cc1ccc(-c2cc(F)ccc2CC(c2cccnc2)c2cccnc2)cc1. The maximum Gasteiger partial charge on any atom is 0.123 e. The number of benzene rings is 2. The average Bonchev–Trinajstić information content (AvgIpc) is 2.79. The number of hydrogen-bond acceptors (Lipinski definition) is 3. The predicted octanol–water partition coefficient (Wildman–Crippen LogP) is 5.53. The lowest BCUT2D eigenvalue weighted by Gasteiger charge is -2.20. The summed E-state index contributed by atoms with van der Waals surface area (Å²) in [6.07, 6.45) is 7.91. The van der Waals surface area contributed by atoms with Crippen LogP contribution in [-0.2, 0) is 6.42 Å². The normalized spacial score (nSPS) is 10.7. The molecule has 0 spiro atoms. The van der Waals surface area contributed by atoms with Crippen molar-refractivity contribution in [3.05, 3.63) is 120 Å². The molecule has 0 aliphatic rings. The highest BCUT2D eigenvalue weighted by Gasteiger charge is 2.18. The fourth-order valence-electron chi connectivity index (χ4n) is 3.53. The molecule has 0 saturated heterocycles. The lowest BCUT2D eigenvalue weighted by molar-refractivity contribution is 0.627. The summed E-state index contributed by atoms with van der Waals surface area (Å²) in [5.74, 6) is -0.243. The highest BCUT2D eigenvalue weighted by Crippen LogP contribution is 2.33. The van der Waals surface area contributed by atoms with Crippen LogP contribution in [0.3, 0.4) is 0 Å². The highest BCUT2D eigenvalue weighted by atomic mass is 19.1. The van der Waals surface area contributed by atoms with E-state index in [0.717, 1.165) is 27.8 Å². The standard InChI is InChI=1S/C25H18FN3/c26-23-10-9-20(25(14-23)19-7-5-18(15-27)6-8-19)13-24(21-3-1-11-28-16-21)22-4-2-12-29-17-22/h1-12,14,16-17,24H,13H2. The van der Waals surface area contributed by atoms with Crippen molar-refractivity contribution in [1.82, 2.24) is 9.97 Å². The zero-order valence-electron chi connectivity index (χ0n) is 15.7. The fourth-order valence-corrected chi connectivity index (χ4v) is 3.53. The second kappa shape index (κ2) is 8.45. The Kier molecular flexibility index (Phi) is 5.40. The molecule has 0 N–H and O–H groups in total. The van der Waals surface area contributed by atoms with Gasteiger partial charge in [-0.2, -0.15) is 5.26 Å². The minimum absolute atomic E-state index is 0.0417. The lowest BCUT2D eigenvalue weighted by atomic mass is 9.85. The molecular weight excluding hydrogens is 361 g/mol. The number of rotatable bonds is 5. The lowest BCUT2D eigenvalue weighted by Crippen LogP contribution is -2.07. The van der Waals surface area contributed by atoms with Crippen molar-refractivity contribution in [1.29, 1.82) is 5.26 Å². The van der Waals surface area contributed by atoms with Gasteiger partial charge < -0.3 is 0 Å². The van der Waals surface area contributed by atoms with Gasteiger partial charge in [0.25, 0.3) is 0 Å². The Bertz CT molecular complexity index is 1090. The maximum absolute atomic E-state index is 14.1. The molecule has 0 amide bonds. The third-order valence-electron chi connectivity index (χ3n) is 4.99. The van der Waals surface area contributed by atoms with Gasteiger partial charge in [0.1, 0.15) is 5.82 Å². The summed E-state index contributed by atoms with van der Waals surface area (Å²) in [5.41, 5.74) is 5.47. The number of aromatic nitrogens is 2. The molecule has 2 aromatic heterocycles. The van der Waals surface area contributed by atoms with Crippen molar-refractivity contribution in [3.63, 3.8) is 0 Å². The molecule has 0 atom stereocenters. The summed E-state index contributed by atoms with van der Waals surface area (Å²) in [4.78, 5) is 8.55. The molecule has 0 saturated carbocycles. The summed E-state index contributed by atoms with van der Waals surface area (Å²) in [6.45, 7) is 0. The average molecular weight is 379 g/mol. The molecule has 4 aromatic rings. The molecule has 4 rings (SSSR count). The second-order valence-electron chi connectivity index (χ2n) is 6.82. The molecule has 0 radical (unpaired) electrons. The molecule has 0 aliphatic carbocycles. The molecule has 0 unspecified atom stereocenters. The van der Waals surface area contributed by atoms with E-state index in [9.17, 15) is 4.39 Å². The van der Waals surface area contributed by atoms with Gasteiger partial charge in [-0.25, -0.2) is 4.39 Å². The van der Waals surface area contributed by atoms with Gasteiger partial charge in [0.15, 0.2) is 0 Å². The Morgan fingerprint density at radius 3 is 2.07 bits per heavy atom. The maximum atomic E-state index is 14.1. The van der Waals surface area contributed by atoms with E-state index in [1.54, 1.807) is 30.6 Å². The van der Waals surface area contributed by atoms with E-state index in [4.69, 9.17) is 5.26 Å². The zero-order chi connectivity index (χ0) is 20.1. The second-order valence-corrected chi connectivity index (χ2v) is 6.82. The Morgan fingerprint density at radius 1 is 0.862 bits per heavy atom. The van der Waals surface area contributed by atoms with E-state index in [-0.39, 0.29) is 11.7 Å². The molecule has 140 valence electrons. The van der Waals surface area contributed by atoms with Crippen molar-refractivity contribution < 1.29 is 4.39 Å². The van der Waals surface area contributed by atoms with Gasteiger partial charge in [-0.3, -0.25) is 9.97 Å². The summed E-state index contributed by atoms with van der Waals surface area (Å²) in [5, 5.41) is 9.05. The summed E-state index contributed by atoms with van der Waals surface area (Å²) in [6, 6.07) is 22.2. The van der Waals surface area contributed by atoms with E-state index in [1.165, 1.54) is 6.07 Å². The van der Waals surface area contributed by atoms with E-state index in [1.807, 2.05) is 42.7 Å². The van der Waals surface area contributed by atoms with E-state index in [2.05, 4.69) is 28.2 Å². The molecule has 4 heteroatoms. The van der Waals surface area contributed by atoms with Gasteiger partial charge in [-0.15, -0.1) is 0 Å². The van der Waals surface area contributed by atoms with Gasteiger partial charge in [-0.05, 0) is 70.6 Å². The van der Waals surface area contributed by atoms with Crippen LogP contribution in [0.15, 0.2) is 91.5 Å². The summed E-state index contributed by atoms with van der Waals surface area (Å²) in [7, 11) is 0. The quantitative estimate of drug-likeness (QED) is 0.458. The first kappa shape index (κ1) is 18.5. The predicted molar refractivity (Wildman–Crippen MR) is 111 cm³/mol. The van der Waals surface area contributed by atoms with Crippen molar-refractivity contribution in [2.45, 2.75) is 12.3 Å². The smallest absolute Gasteiger partial charge is 0.123 e. The first-order valence-corrected chi connectivity index (χ1v) is 9.33. The minimum atomic E-state index is -0.285. The van der Waals surface area contributed by atoms with Crippen LogP contribution in [-0.4, -0.2) is 9.97 Å². The van der Waals surface area contributed by atoms with Crippen LogP contribution in [0.1, 0.15) is 28.2 Å². The molecule has 2 aromatic carbocycles. The van der Waals surface area contributed by atoms with E-state index < -0.39 is 0 Å². The molecule has 3 nitrogen and oxygen atoms in total. The Hall–Kier alpha value is -3.84. The zero-order valence-corrected chi connectivity index (χ0v) is 15.7. The van der Waals surface area contributed by atoms with Crippen LogP contribution < -0.4 is 0 Å². The van der Waals surface area contributed by atoms with Crippen LogP contribution >= 0.6 is 0 Å². The highest BCUT2D eigenvalue weighted by molar-refractivity contribution is 5.68. The number of halogens is 1. The first-order chi connectivity index (χ1) is 14.2. The molecule has 0 fully saturated rings. The first-order valence-electron chi connectivity index (χ1n) is 9.33. The fraction of sp³-hybridized carbons (Fsp3) is 0.0800. The van der Waals surface area contributed by atoms with Gasteiger partial charge in [0.05, 0.1) is 11.6 Å². The van der Waals surface area contributed by atoms with Crippen molar-refractivity contribution in [3.8, 4) is 17.2 Å². The van der Waals surface area contributed by atoms with E-state index >= 15 is 0 Å². The number of pyridine rings is 2. The molecule has 0 bridgehead atoms. The van der Waals surface area contributed by atoms with Gasteiger partial charge in [0, 0.05) is 30.7 Å². The van der Waals surface area contributed by atoms with Crippen molar-refractivity contribution in [2.75, 3.05) is 0 Å². The number of hydrogen-bond donors (Lipinski definition) is 0. The third-order valence-corrected chi connectivity index (χ3v) is 4.99. The Labute approximate surface area is 169 Å². The van der Waals surface area contributed by atoms with Gasteiger partial charge >= 0.3 is 0 Å². The number of nitrogens with zero attached hydrogens (tertiary/aromatic N) is 3. The Balaban J connectivity index is 1.78. The molecule has 0 aliphatic heterocycles. The topological polar surface area (TPSA) is 49.6 Å². The monoisotopic (exact) mass is 379 g/mol. The van der Waals surface area contributed by atoms with Crippen LogP contribution in [0, 0.1) is 17.1 Å². The summed E-state index contributed by atoms with van der Waals surface area (Å²) < 4.78 is 14.1. The molecule has 29 heavy (non-hydrogen) atoms.